The quantitative estimate of drug-likeness (QED) is 0.447. The summed E-state index contributed by atoms with van der Waals surface area (Å²) >= 11 is 0. The van der Waals surface area contributed by atoms with E-state index in [1.54, 1.807) is 24.3 Å². The Balaban J connectivity index is 2.48. The van der Waals surface area contributed by atoms with Crippen molar-refractivity contribution >= 4 is 17.7 Å². The van der Waals surface area contributed by atoms with E-state index in [-0.39, 0.29) is 24.6 Å². The average molecular weight is 264 g/mol. The minimum absolute atomic E-state index is 0.0571. The monoisotopic (exact) mass is 264 g/mol. The van der Waals surface area contributed by atoms with Gasteiger partial charge in [0, 0.05) is 25.3 Å². The highest BCUT2D eigenvalue weighted by molar-refractivity contribution is 5.96. The van der Waals surface area contributed by atoms with Gasteiger partial charge in [0.15, 0.2) is 5.78 Å². The molecule has 0 spiro atoms. The maximum atomic E-state index is 11.8. The lowest BCUT2D eigenvalue weighted by atomic mass is 10.1. The molecule has 1 aromatic carbocycles. The van der Waals surface area contributed by atoms with E-state index in [9.17, 15) is 14.4 Å². The van der Waals surface area contributed by atoms with E-state index in [0.29, 0.717) is 17.7 Å². The fourth-order valence-electron chi connectivity index (χ4n) is 1.51. The van der Waals surface area contributed by atoms with E-state index in [2.05, 4.69) is 4.74 Å². The third kappa shape index (κ3) is 5.33. The molecule has 0 saturated heterocycles. The summed E-state index contributed by atoms with van der Waals surface area (Å²) in [6.07, 6.45) is 0.965. The van der Waals surface area contributed by atoms with Gasteiger partial charge in [-0.05, 0) is 30.7 Å². The molecule has 5 nitrogen and oxygen atoms in total. The number of ketones is 1. The molecular formula is C14H16O5. The highest BCUT2D eigenvalue weighted by Gasteiger charge is 2.08. The first-order chi connectivity index (χ1) is 9.02. The molecule has 0 aliphatic carbocycles. The first kappa shape index (κ1) is 14.9. The van der Waals surface area contributed by atoms with Crippen molar-refractivity contribution in [3.63, 3.8) is 0 Å². The first-order valence-corrected chi connectivity index (χ1v) is 5.91. The van der Waals surface area contributed by atoms with Gasteiger partial charge in [0.1, 0.15) is 5.75 Å². The number of hydrogen-bond acceptors (Lipinski definition) is 5. The highest BCUT2D eigenvalue weighted by Crippen LogP contribution is 2.14. The zero-order valence-electron chi connectivity index (χ0n) is 11.0. The summed E-state index contributed by atoms with van der Waals surface area (Å²) in [4.78, 5) is 33.4. The van der Waals surface area contributed by atoms with Gasteiger partial charge in [0.2, 0.25) is 0 Å². The third-order valence-corrected chi connectivity index (χ3v) is 2.45. The Morgan fingerprint density at radius 1 is 1.05 bits per heavy atom. The molecule has 0 fully saturated rings. The highest BCUT2D eigenvalue weighted by atomic mass is 16.5. The van der Waals surface area contributed by atoms with Crippen LogP contribution in [0.15, 0.2) is 24.3 Å². The molecule has 0 bridgehead atoms. The molecule has 1 rings (SSSR count). The molecule has 0 unspecified atom stereocenters. The molecule has 0 aliphatic rings. The SMILES string of the molecule is COC(=O)CCCC(=O)c1ccc(OC(C)=O)cc1. The molecule has 0 saturated carbocycles. The van der Waals surface area contributed by atoms with Crippen molar-refractivity contribution in [2.75, 3.05) is 7.11 Å². The smallest absolute Gasteiger partial charge is 0.308 e. The van der Waals surface area contributed by atoms with Crippen LogP contribution in [-0.4, -0.2) is 24.8 Å². The van der Waals surface area contributed by atoms with Crippen LogP contribution in [0.25, 0.3) is 0 Å². The van der Waals surface area contributed by atoms with Gasteiger partial charge in [0.25, 0.3) is 0 Å². The van der Waals surface area contributed by atoms with Gasteiger partial charge < -0.3 is 9.47 Å². The van der Waals surface area contributed by atoms with Crippen LogP contribution >= 0.6 is 0 Å². The Morgan fingerprint density at radius 2 is 1.68 bits per heavy atom. The molecule has 19 heavy (non-hydrogen) atoms. The second kappa shape index (κ2) is 7.31. The predicted molar refractivity (Wildman–Crippen MR) is 67.9 cm³/mol. The molecule has 0 atom stereocenters. The molecule has 0 N–H and O–H groups in total. The normalized spacial score (nSPS) is 9.79. The number of Topliss-reactive ketones (excluding diaryl/α,β-unsaturated/α-hetero) is 1. The minimum atomic E-state index is -0.405. The molecule has 1 aromatic rings. The number of methoxy groups -OCH3 is 1. The van der Waals surface area contributed by atoms with Crippen LogP contribution in [0.1, 0.15) is 36.5 Å². The molecule has 5 heteroatoms. The largest absolute Gasteiger partial charge is 0.469 e. The Morgan fingerprint density at radius 3 is 2.21 bits per heavy atom. The van der Waals surface area contributed by atoms with E-state index in [1.807, 2.05) is 0 Å². The van der Waals surface area contributed by atoms with E-state index in [0.717, 1.165) is 0 Å². The number of carbonyl (C=O) groups is 3. The van der Waals surface area contributed by atoms with E-state index in [4.69, 9.17) is 4.74 Å². The van der Waals surface area contributed by atoms with Gasteiger partial charge in [-0.2, -0.15) is 0 Å². The fourth-order valence-corrected chi connectivity index (χ4v) is 1.51. The van der Waals surface area contributed by atoms with Crippen LogP contribution in [0.5, 0.6) is 5.75 Å². The number of rotatable bonds is 6. The van der Waals surface area contributed by atoms with Gasteiger partial charge in [-0.3, -0.25) is 14.4 Å². The average Bonchev–Trinajstić information content (AvgIpc) is 2.38. The lowest BCUT2D eigenvalue weighted by Crippen LogP contribution is -2.04. The fraction of sp³-hybridized carbons (Fsp3) is 0.357. The maximum Gasteiger partial charge on any atom is 0.308 e. The Kier molecular flexibility index (Phi) is 5.73. The molecule has 0 heterocycles. The molecular weight excluding hydrogens is 248 g/mol. The zero-order chi connectivity index (χ0) is 14.3. The van der Waals surface area contributed by atoms with Gasteiger partial charge in [-0.25, -0.2) is 0 Å². The number of benzene rings is 1. The van der Waals surface area contributed by atoms with Gasteiger partial charge in [-0.15, -0.1) is 0 Å². The van der Waals surface area contributed by atoms with Crippen molar-refractivity contribution in [3.05, 3.63) is 29.8 Å². The minimum Gasteiger partial charge on any atom is -0.469 e. The molecule has 0 aromatic heterocycles. The molecule has 0 amide bonds. The first-order valence-electron chi connectivity index (χ1n) is 5.91. The summed E-state index contributed by atoms with van der Waals surface area (Å²) in [5.41, 5.74) is 0.528. The lowest BCUT2D eigenvalue weighted by molar-refractivity contribution is -0.140. The number of carbonyl (C=O) groups excluding carboxylic acids is 3. The van der Waals surface area contributed by atoms with Crippen LogP contribution in [0.4, 0.5) is 0 Å². The summed E-state index contributed by atoms with van der Waals surface area (Å²) < 4.78 is 9.36. The summed E-state index contributed by atoms with van der Waals surface area (Å²) in [5, 5.41) is 0. The van der Waals surface area contributed by atoms with Crippen molar-refractivity contribution in [1.82, 2.24) is 0 Å². The molecule has 102 valence electrons. The molecule has 0 aliphatic heterocycles. The van der Waals surface area contributed by atoms with Gasteiger partial charge >= 0.3 is 11.9 Å². The van der Waals surface area contributed by atoms with Gasteiger partial charge in [0.05, 0.1) is 7.11 Å². The van der Waals surface area contributed by atoms with E-state index >= 15 is 0 Å². The van der Waals surface area contributed by atoms with Crippen molar-refractivity contribution < 1.29 is 23.9 Å². The van der Waals surface area contributed by atoms with E-state index in [1.165, 1.54) is 14.0 Å². The Labute approximate surface area is 111 Å². The Hall–Kier alpha value is -2.17. The summed E-state index contributed by atoms with van der Waals surface area (Å²) in [5.74, 6) is -0.382. The Bertz CT molecular complexity index is 461. The van der Waals surface area contributed by atoms with Crippen molar-refractivity contribution in [2.24, 2.45) is 0 Å². The second-order valence-electron chi connectivity index (χ2n) is 3.97. The number of ether oxygens (including phenoxy) is 2. The number of hydrogen-bond donors (Lipinski definition) is 0. The standard InChI is InChI=1S/C14H16O5/c1-10(15)19-12-8-6-11(7-9-12)13(16)4-3-5-14(17)18-2/h6-9H,3-5H2,1-2H3. The summed E-state index contributed by atoms with van der Waals surface area (Å²) in [6.45, 7) is 1.31. The van der Waals surface area contributed by atoms with Crippen LogP contribution in [0, 0.1) is 0 Å². The summed E-state index contributed by atoms with van der Waals surface area (Å²) in [6, 6.07) is 6.32. The predicted octanol–water partition coefficient (Wildman–Crippen LogP) is 2.14. The third-order valence-electron chi connectivity index (χ3n) is 2.45. The van der Waals surface area contributed by atoms with Crippen molar-refractivity contribution in [1.29, 1.82) is 0 Å². The van der Waals surface area contributed by atoms with E-state index < -0.39 is 5.97 Å². The lowest BCUT2D eigenvalue weighted by Gasteiger charge is -2.03. The maximum absolute atomic E-state index is 11.8. The van der Waals surface area contributed by atoms with Crippen molar-refractivity contribution in [2.45, 2.75) is 26.2 Å². The zero-order valence-corrected chi connectivity index (χ0v) is 11.0. The van der Waals surface area contributed by atoms with Crippen molar-refractivity contribution in [3.8, 4) is 5.75 Å². The second-order valence-corrected chi connectivity index (χ2v) is 3.97. The van der Waals surface area contributed by atoms with Crippen LogP contribution < -0.4 is 4.74 Å². The molecule has 0 radical (unpaired) electrons. The van der Waals surface area contributed by atoms with Crippen LogP contribution in [0.2, 0.25) is 0 Å². The van der Waals surface area contributed by atoms with Crippen LogP contribution in [0.3, 0.4) is 0 Å². The van der Waals surface area contributed by atoms with Gasteiger partial charge in [-0.1, -0.05) is 0 Å². The topological polar surface area (TPSA) is 69.7 Å². The van der Waals surface area contributed by atoms with Crippen LogP contribution in [-0.2, 0) is 14.3 Å². The number of esters is 2. The summed E-state index contributed by atoms with van der Waals surface area (Å²) in [7, 11) is 1.32.